The van der Waals surface area contributed by atoms with Gasteiger partial charge in [0.2, 0.25) is 0 Å². The summed E-state index contributed by atoms with van der Waals surface area (Å²) in [6, 6.07) is 11.0. The maximum atomic E-state index is 5.73. The molecule has 3 aliphatic rings. The van der Waals surface area contributed by atoms with Crippen LogP contribution in [0.15, 0.2) is 30.3 Å². The van der Waals surface area contributed by atoms with Crippen LogP contribution >= 0.6 is 0 Å². The summed E-state index contributed by atoms with van der Waals surface area (Å²) in [6.07, 6.45) is 3.75. The lowest BCUT2D eigenvalue weighted by atomic mass is 9.78. The summed E-state index contributed by atoms with van der Waals surface area (Å²) in [6.45, 7) is 1.78. The molecule has 2 nitrogen and oxygen atoms in total. The topological polar surface area (TPSA) is 18.5 Å². The van der Waals surface area contributed by atoms with Crippen LogP contribution in [0, 0.1) is 11.8 Å². The molecule has 1 aliphatic heterocycles. The van der Waals surface area contributed by atoms with Crippen molar-refractivity contribution in [3.63, 3.8) is 0 Å². The Kier molecular flexibility index (Phi) is 2.70. The van der Waals surface area contributed by atoms with Crippen molar-refractivity contribution < 1.29 is 9.31 Å². The van der Waals surface area contributed by atoms with E-state index in [1.165, 1.54) is 18.4 Å². The Balaban J connectivity index is 1.35. The molecule has 1 aromatic rings. The van der Waals surface area contributed by atoms with E-state index in [9.17, 15) is 0 Å². The van der Waals surface area contributed by atoms with Gasteiger partial charge >= 0.3 is 7.12 Å². The Morgan fingerprint density at radius 1 is 0.944 bits per heavy atom. The van der Waals surface area contributed by atoms with Gasteiger partial charge in [0.1, 0.15) is 0 Å². The van der Waals surface area contributed by atoms with E-state index in [1.54, 1.807) is 0 Å². The van der Waals surface area contributed by atoms with Gasteiger partial charge in [-0.1, -0.05) is 30.3 Å². The highest BCUT2D eigenvalue weighted by Crippen LogP contribution is 2.65. The molecule has 2 saturated carbocycles. The third kappa shape index (κ3) is 2.00. The van der Waals surface area contributed by atoms with Crippen molar-refractivity contribution in [2.24, 2.45) is 11.8 Å². The van der Waals surface area contributed by atoms with E-state index in [-0.39, 0.29) is 7.12 Å². The molecule has 0 N–H and O–H groups in total. The first-order chi connectivity index (χ1) is 8.93. The van der Waals surface area contributed by atoms with E-state index in [0.29, 0.717) is 5.82 Å². The highest BCUT2D eigenvalue weighted by molar-refractivity contribution is 6.47. The maximum Gasteiger partial charge on any atom is 0.460 e. The summed E-state index contributed by atoms with van der Waals surface area (Å²) in [5, 5.41) is 0. The molecule has 0 aromatic heterocycles. The van der Waals surface area contributed by atoms with E-state index in [1.807, 2.05) is 0 Å². The van der Waals surface area contributed by atoms with Crippen molar-refractivity contribution in [2.45, 2.75) is 31.0 Å². The molecule has 4 rings (SSSR count). The molecule has 1 aromatic carbocycles. The Morgan fingerprint density at radius 3 is 2.50 bits per heavy atom. The van der Waals surface area contributed by atoms with Gasteiger partial charge in [-0.15, -0.1) is 0 Å². The van der Waals surface area contributed by atoms with E-state index < -0.39 is 0 Å². The van der Waals surface area contributed by atoms with Crippen LogP contribution in [0.5, 0.6) is 0 Å². The van der Waals surface area contributed by atoms with E-state index in [2.05, 4.69) is 30.3 Å². The summed E-state index contributed by atoms with van der Waals surface area (Å²) in [5.74, 6) is 3.25. The number of rotatable bonds is 3. The predicted octanol–water partition coefficient (Wildman–Crippen LogP) is 3.11. The minimum atomic E-state index is 0.112. The van der Waals surface area contributed by atoms with Crippen LogP contribution < -0.4 is 0 Å². The molecule has 2 aliphatic carbocycles. The third-order valence-corrected chi connectivity index (χ3v) is 4.71. The summed E-state index contributed by atoms with van der Waals surface area (Å²) in [4.78, 5) is 0. The lowest BCUT2D eigenvalue weighted by Crippen LogP contribution is -2.30. The molecule has 1 heterocycles. The molecule has 0 radical (unpaired) electrons. The normalized spacial score (nSPS) is 38.6. The molecule has 0 bridgehead atoms. The van der Waals surface area contributed by atoms with Crippen molar-refractivity contribution in [3.05, 3.63) is 35.9 Å². The highest BCUT2D eigenvalue weighted by Gasteiger charge is 2.58. The van der Waals surface area contributed by atoms with E-state index in [0.717, 1.165) is 37.4 Å². The first-order valence-corrected chi connectivity index (χ1v) is 7.21. The van der Waals surface area contributed by atoms with Crippen molar-refractivity contribution in [1.82, 2.24) is 0 Å². The summed E-state index contributed by atoms with van der Waals surface area (Å²) in [7, 11) is 0.112. The van der Waals surface area contributed by atoms with Crippen molar-refractivity contribution in [1.29, 1.82) is 0 Å². The second-order valence-electron chi connectivity index (χ2n) is 5.94. The highest BCUT2D eigenvalue weighted by atomic mass is 16.6. The van der Waals surface area contributed by atoms with Gasteiger partial charge in [0, 0.05) is 13.2 Å². The first kappa shape index (κ1) is 11.1. The van der Waals surface area contributed by atoms with Gasteiger partial charge in [0.15, 0.2) is 0 Å². The average molecular weight is 242 g/mol. The van der Waals surface area contributed by atoms with Gasteiger partial charge in [-0.05, 0) is 48.4 Å². The van der Waals surface area contributed by atoms with Crippen molar-refractivity contribution >= 4 is 7.12 Å². The van der Waals surface area contributed by atoms with Gasteiger partial charge in [0.05, 0.1) is 0 Å². The zero-order chi connectivity index (χ0) is 11.9. The molecule has 18 heavy (non-hydrogen) atoms. The number of hydrogen-bond acceptors (Lipinski definition) is 2. The molecule has 1 saturated heterocycles. The molecule has 3 fully saturated rings. The van der Waals surface area contributed by atoms with Crippen LogP contribution in [0.2, 0.25) is 5.82 Å². The van der Waals surface area contributed by atoms with E-state index in [4.69, 9.17) is 9.31 Å². The quantitative estimate of drug-likeness (QED) is 0.758. The standard InChI is InChI=1S/C15H19BO2/c1-2-5-11(6-3-1)12-9-13(12)14-10-15(14)16-17-7-4-8-18-16/h1-3,5-6,12-15H,4,7-10H2/t12-,13+,14-,15+/m0/s1. The monoisotopic (exact) mass is 242 g/mol. The third-order valence-electron chi connectivity index (χ3n) is 4.71. The van der Waals surface area contributed by atoms with Crippen LogP contribution in [0.1, 0.15) is 30.7 Å². The fraction of sp³-hybridized carbons (Fsp3) is 0.600. The molecule has 0 unspecified atom stereocenters. The average Bonchev–Trinajstić information content (AvgIpc) is 3.32. The number of benzene rings is 1. The molecule has 0 amide bonds. The van der Waals surface area contributed by atoms with Crippen LogP contribution in [0.3, 0.4) is 0 Å². The van der Waals surface area contributed by atoms with Gasteiger partial charge in [0.25, 0.3) is 0 Å². The minimum absolute atomic E-state index is 0.112. The van der Waals surface area contributed by atoms with Gasteiger partial charge in [-0.2, -0.15) is 0 Å². The van der Waals surface area contributed by atoms with Crippen LogP contribution in [-0.4, -0.2) is 20.3 Å². The summed E-state index contributed by atoms with van der Waals surface area (Å²) < 4.78 is 11.5. The molecule has 3 heteroatoms. The second kappa shape index (κ2) is 4.39. The van der Waals surface area contributed by atoms with Crippen molar-refractivity contribution in [3.8, 4) is 0 Å². The molecular formula is C15H19BO2. The largest absolute Gasteiger partial charge is 0.460 e. The Morgan fingerprint density at radius 2 is 1.72 bits per heavy atom. The number of hydrogen-bond donors (Lipinski definition) is 0. The van der Waals surface area contributed by atoms with Gasteiger partial charge < -0.3 is 9.31 Å². The molecule has 94 valence electrons. The van der Waals surface area contributed by atoms with Gasteiger partial charge in [-0.3, -0.25) is 0 Å². The maximum absolute atomic E-state index is 5.73. The molecule has 4 atom stereocenters. The summed E-state index contributed by atoms with van der Waals surface area (Å²) in [5.41, 5.74) is 1.53. The smallest absolute Gasteiger partial charge is 0.411 e. The fourth-order valence-electron chi connectivity index (χ4n) is 3.57. The SMILES string of the molecule is c1ccc([C@@H]2C[C@H]2[C@@H]2C[C@H]2B2OCCCO2)cc1. The fourth-order valence-corrected chi connectivity index (χ4v) is 3.57. The van der Waals surface area contributed by atoms with Crippen LogP contribution in [-0.2, 0) is 9.31 Å². The van der Waals surface area contributed by atoms with Gasteiger partial charge in [-0.25, -0.2) is 0 Å². The lowest BCUT2D eigenvalue weighted by molar-refractivity contribution is 0.131. The molecule has 0 spiro atoms. The zero-order valence-corrected chi connectivity index (χ0v) is 10.6. The van der Waals surface area contributed by atoms with Crippen LogP contribution in [0.25, 0.3) is 0 Å². The predicted molar refractivity (Wildman–Crippen MR) is 71.4 cm³/mol. The molecular weight excluding hydrogens is 223 g/mol. The minimum Gasteiger partial charge on any atom is -0.411 e. The Bertz CT molecular complexity index is 416. The first-order valence-electron chi connectivity index (χ1n) is 7.21. The lowest BCUT2D eigenvalue weighted by Gasteiger charge is -2.19. The summed E-state index contributed by atoms with van der Waals surface area (Å²) >= 11 is 0. The Hall–Kier alpha value is -0.795. The zero-order valence-electron chi connectivity index (χ0n) is 10.6. The van der Waals surface area contributed by atoms with E-state index >= 15 is 0 Å². The second-order valence-corrected chi connectivity index (χ2v) is 5.94. The van der Waals surface area contributed by atoms with Crippen LogP contribution in [0.4, 0.5) is 0 Å². The Labute approximate surface area is 109 Å². The van der Waals surface area contributed by atoms with Crippen molar-refractivity contribution in [2.75, 3.05) is 13.2 Å².